The third kappa shape index (κ3) is 3.67. The minimum Gasteiger partial charge on any atom is -0.344 e. The van der Waals surface area contributed by atoms with Gasteiger partial charge in [-0.2, -0.15) is 0 Å². The van der Waals surface area contributed by atoms with Gasteiger partial charge in [0.1, 0.15) is 0 Å². The highest BCUT2D eigenvalue weighted by Crippen LogP contribution is 2.22. The Bertz CT molecular complexity index is 485. The van der Waals surface area contributed by atoms with Crippen molar-refractivity contribution in [3.63, 3.8) is 0 Å². The molecule has 0 aliphatic carbocycles. The molecule has 0 bridgehead atoms. The Morgan fingerprint density at radius 3 is 1.74 bits per heavy atom. The van der Waals surface area contributed by atoms with E-state index in [9.17, 15) is 4.79 Å². The molecule has 0 fully saturated rings. The standard InChI is InChI=1S/C16H16BrNO/c1-12(17)16(19)18-15(13-8-4-2-5-9-13)14-10-6-3-7-11-14/h2-12,15H,1H3,(H,18,19)/t12-/m1/s1. The fourth-order valence-corrected chi connectivity index (χ4v) is 2.04. The van der Waals surface area contributed by atoms with Crippen molar-refractivity contribution in [1.82, 2.24) is 5.32 Å². The molecule has 98 valence electrons. The zero-order chi connectivity index (χ0) is 13.7. The van der Waals surface area contributed by atoms with E-state index >= 15 is 0 Å². The Morgan fingerprint density at radius 1 is 0.947 bits per heavy atom. The van der Waals surface area contributed by atoms with Crippen LogP contribution in [-0.4, -0.2) is 10.7 Å². The molecule has 1 atom stereocenters. The van der Waals surface area contributed by atoms with E-state index < -0.39 is 0 Å². The molecule has 0 aliphatic heterocycles. The number of carbonyl (C=O) groups excluding carboxylic acids is 1. The number of hydrogen-bond donors (Lipinski definition) is 1. The maximum atomic E-state index is 11.9. The normalized spacial score (nSPS) is 12.2. The molecule has 19 heavy (non-hydrogen) atoms. The van der Waals surface area contributed by atoms with Gasteiger partial charge in [-0.3, -0.25) is 4.79 Å². The number of benzene rings is 2. The smallest absolute Gasteiger partial charge is 0.234 e. The van der Waals surface area contributed by atoms with E-state index in [0.29, 0.717) is 0 Å². The molecule has 0 saturated heterocycles. The lowest BCUT2D eigenvalue weighted by molar-refractivity contribution is -0.120. The SMILES string of the molecule is C[C@@H](Br)C(=O)NC(c1ccccc1)c1ccccc1. The molecule has 0 radical (unpaired) electrons. The quantitative estimate of drug-likeness (QED) is 0.856. The molecule has 1 amide bonds. The second kappa shape index (κ2) is 6.53. The zero-order valence-electron chi connectivity index (χ0n) is 10.7. The lowest BCUT2D eigenvalue weighted by atomic mass is 9.98. The highest BCUT2D eigenvalue weighted by atomic mass is 79.9. The first-order valence-electron chi connectivity index (χ1n) is 6.23. The van der Waals surface area contributed by atoms with Gasteiger partial charge in [0.05, 0.1) is 10.9 Å². The molecule has 0 saturated carbocycles. The maximum absolute atomic E-state index is 11.9. The van der Waals surface area contributed by atoms with Crippen LogP contribution < -0.4 is 5.32 Å². The van der Waals surface area contributed by atoms with Gasteiger partial charge in [-0.25, -0.2) is 0 Å². The Labute approximate surface area is 122 Å². The van der Waals surface area contributed by atoms with Crippen LogP contribution in [0.2, 0.25) is 0 Å². The lowest BCUT2D eigenvalue weighted by Gasteiger charge is -2.20. The third-order valence-corrected chi connectivity index (χ3v) is 3.33. The van der Waals surface area contributed by atoms with Crippen molar-refractivity contribution in [1.29, 1.82) is 0 Å². The molecule has 2 nitrogen and oxygen atoms in total. The molecule has 0 unspecified atom stereocenters. The van der Waals surface area contributed by atoms with E-state index in [0.717, 1.165) is 11.1 Å². The molecule has 2 rings (SSSR count). The highest BCUT2D eigenvalue weighted by Gasteiger charge is 2.18. The predicted octanol–water partition coefficient (Wildman–Crippen LogP) is 3.68. The van der Waals surface area contributed by atoms with Crippen LogP contribution in [0.15, 0.2) is 60.7 Å². The van der Waals surface area contributed by atoms with Gasteiger partial charge >= 0.3 is 0 Å². The largest absolute Gasteiger partial charge is 0.344 e. The Kier molecular flexibility index (Phi) is 4.74. The van der Waals surface area contributed by atoms with Crippen LogP contribution in [-0.2, 0) is 4.79 Å². The van der Waals surface area contributed by atoms with Gasteiger partial charge < -0.3 is 5.32 Å². The van der Waals surface area contributed by atoms with Crippen LogP contribution in [0.1, 0.15) is 24.1 Å². The number of nitrogens with one attached hydrogen (secondary N) is 1. The molecule has 2 aromatic carbocycles. The highest BCUT2D eigenvalue weighted by molar-refractivity contribution is 9.10. The molecule has 0 heterocycles. The Morgan fingerprint density at radius 2 is 1.37 bits per heavy atom. The van der Waals surface area contributed by atoms with Crippen LogP contribution in [0.5, 0.6) is 0 Å². The number of rotatable bonds is 4. The second-order valence-corrected chi connectivity index (χ2v) is 5.75. The maximum Gasteiger partial charge on any atom is 0.234 e. The van der Waals surface area contributed by atoms with Gasteiger partial charge in [0.15, 0.2) is 0 Å². The number of alkyl halides is 1. The van der Waals surface area contributed by atoms with Crippen molar-refractivity contribution in [2.45, 2.75) is 17.8 Å². The number of halogens is 1. The first kappa shape index (κ1) is 13.8. The van der Waals surface area contributed by atoms with Gasteiger partial charge in [-0.15, -0.1) is 0 Å². The predicted molar refractivity (Wildman–Crippen MR) is 81.3 cm³/mol. The average Bonchev–Trinajstić information content (AvgIpc) is 2.46. The molecule has 0 spiro atoms. The van der Waals surface area contributed by atoms with Crippen molar-refractivity contribution in [3.05, 3.63) is 71.8 Å². The Balaban J connectivity index is 2.32. The van der Waals surface area contributed by atoms with Gasteiger partial charge in [0.25, 0.3) is 0 Å². The molecular weight excluding hydrogens is 302 g/mol. The molecule has 0 aromatic heterocycles. The summed E-state index contributed by atoms with van der Waals surface area (Å²) in [5.41, 5.74) is 2.16. The van der Waals surface area contributed by atoms with E-state index in [2.05, 4.69) is 21.2 Å². The van der Waals surface area contributed by atoms with Gasteiger partial charge in [-0.1, -0.05) is 76.6 Å². The molecule has 1 N–H and O–H groups in total. The molecular formula is C16H16BrNO. The first-order valence-corrected chi connectivity index (χ1v) is 7.14. The summed E-state index contributed by atoms with van der Waals surface area (Å²) in [6.45, 7) is 1.82. The third-order valence-electron chi connectivity index (χ3n) is 2.91. The van der Waals surface area contributed by atoms with E-state index in [1.807, 2.05) is 67.6 Å². The van der Waals surface area contributed by atoms with Crippen molar-refractivity contribution >= 4 is 21.8 Å². The van der Waals surface area contributed by atoms with Crippen LogP contribution >= 0.6 is 15.9 Å². The average molecular weight is 318 g/mol. The summed E-state index contributed by atoms with van der Waals surface area (Å²) in [7, 11) is 0. The van der Waals surface area contributed by atoms with Crippen molar-refractivity contribution in [2.24, 2.45) is 0 Å². The molecule has 3 heteroatoms. The van der Waals surface area contributed by atoms with Crippen molar-refractivity contribution < 1.29 is 4.79 Å². The number of hydrogen-bond acceptors (Lipinski definition) is 1. The topological polar surface area (TPSA) is 29.1 Å². The summed E-state index contributed by atoms with van der Waals surface area (Å²) in [5.74, 6) is -0.0160. The summed E-state index contributed by atoms with van der Waals surface area (Å²) < 4.78 is 0. The summed E-state index contributed by atoms with van der Waals surface area (Å²) in [5, 5.41) is 3.06. The van der Waals surface area contributed by atoms with Gasteiger partial charge in [0, 0.05) is 0 Å². The number of amides is 1. The second-order valence-electron chi connectivity index (χ2n) is 4.38. The minimum absolute atomic E-state index is 0.0160. The van der Waals surface area contributed by atoms with E-state index in [4.69, 9.17) is 0 Å². The summed E-state index contributed by atoms with van der Waals surface area (Å²) >= 11 is 3.30. The van der Waals surface area contributed by atoms with Gasteiger partial charge in [0.2, 0.25) is 5.91 Å². The summed E-state index contributed by atoms with van der Waals surface area (Å²) in [4.78, 5) is 11.7. The Hall–Kier alpha value is -1.61. The fraction of sp³-hybridized carbons (Fsp3) is 0.188. The lowest BCUT2D eigenvalue weighted by Crippen LogP contribution is -2.33. The van der Waals surface area contributed by atoms with Crippen LogP contribution in [0.3, 0.4) is 0 Å². The molecule has 0 aliphatic rings. The summed E-state index contributed by atoms with van der Waals surface area (Å²) in [6.07, 6.45) is 0. The van der Waals surface area contributed by atoms with E-state index in [-0.39, 0.29) is 16.8 Å². The number of carbonyl (C=O) groups is 1. The summed E-state index contributed by atoms with van der Waals surface area (Å²) in [6, 6.07) is 19.9. The minimum atomic E-state index is -0.206. The van der Waals surface area contributed by atoms with Crippen LogP contribution in [0.4, 0.5) is 0 Å². The van der Waals surface area contributed by atoms with E-state index in [1.165, 1.54) is 0 Å². The van der Waals surface area contributed by atoms with Crippen molar-refractivity contribution in [2.75, 3.05) is 0 Å². The van der Waals surface area contributed by atoms with Crippen molar-refractivity contribution in [3.8, 4) is 0 Å². The first-order chi connectivity index (χ1) is 9.18. The fourth-order valence-electron chi connectivity index (χ4n) is 1.91. The van der Waals surface area contributed by atoms with Gasteiger partial charge in [-0.05, 0) is 18.1 Å². The molecule has 2 aromatic rings. The zero-order valence-corrected chi connectivity index (χ0v) is 12.3. The van der Waals surface area contributed by atoms with E-state index in [1.54, 1.807) is 0 Å². The van der Waals surface area contributed by atoms with Crippen LogP contribution in [0, 0.1) is 0 Å². The monoisotopic (exact) mass is 317 g/mol. The van der Waals surface area contributed by atoms with Crippen LogP contribution in [0.25, 0.3) is 0 Å².